The van der Waals surface area contributed by atoms with Crippen molar-refractivity contribution in [1.29, 1.82) is 0 Å². The molecule has 0 saturated heterocycles. The molecule has 1 aromatic rings. The number of aliphatic carboxylic acids is 1. The summed E-state index contributed by atoms with van der Waals surface area (Å²) >= 11 is 0. The molecule has 1 N–H and O–H groups in total. The maximum absolute atomic E-state index is 13.5. The molecule has 0 heterocycles. The lowest BCUT2D eigenvalue weighted by atomic mass is 10.2. The quantitative estimate of drug-likeness (QED) is 0.820. The SMILES string of the molecule is COc1cc(F)c(COCC(=O)O)cc1OC. The van der Waals surface area contributed by atoms with Crippen LogP contribution < -0.4 is 9.47 Å². The van der Waals surface area contributed by atoms with E-state index in [1.54, 1.807) is 0 Å². The topological polar surface area (TPSA) is 65.0 Å². The standard InChI is InChI=1S/C11H13FO5/c1-15-9-3-7(5-17-6-11(13)14)8(12)4-10(9)16-2/h3-4H,5-6H2,1-2H3,(H,13,14). The first-order chi connectivity index (χ1) is 8.08. The zero-order chi connectivity index (χ0) is 12.8. The van der Waals surface area contributed by atoms with Gasteiger partial charge in [-0.2, -0.15) is 0 Å². The summed E-state index contributed by atoms with van der Waals surface area (Å²) in [5.41, 5.74) is 0.212. The second-order valence-corrected chi connectivity index (χ2v) is 3.19. The Balaban J connectivity index is 2.81. The molecule has 0 bridgehead atoms. The maximum Gasteiger partial charge on any atom is 0.329 e. The highest BCUT2D eigenvalue weighted by Crippen LogP contribution is 2.30. The third-order valence-corrected chi connectivity index (χ3v) is 2.04. The second kappa shape index (κ2) is 6.05. The number of hydrogen-bond acceptors (Lipinski definition) is 4. The smallest absolute Gasteiger partial charge is 0.329 e. The highest BCUT2D eigenvalue weighted by atomic mass is 19.1. The van der Waals surface area contributed by atoms with E-state index in [0.29, 0.717) is 5.75 Å². The van der Waals surface area contributed by atoms with Crippen molar-refractivity contribution < 1.29 is 28.5 Å². The average Bonchev–Trinajstić information content (AvgIpc) is 2.30. The van der Waals surface area contributed by atoms with E-state index >= 15 is 0 Å². The fourth-order valence-electron chi connectivity index (χ4n) is 1.26. The van der Waals surface area contributed by atoms with E-state index in [9.17, 15) is 9.18 Å². The first kappa shape index (κ1) is 13.2. The summed E-state index contributed by atoms with van der Waals surface area (Å²) in [6.45, 7) is -0.619. The predicted molar refractivity (Wildman–Crippen MR) is 56.8 cm³/mol. The van der Waals surface area contributed by atoms with E-state index in [1.807, 2.05) is 0 Å². The number of rotatable bonds is 6. The molecule has 0 aliphatic rings. The minimum Gasteiger partial charge on any atom is -0.493 e. The zero-order valence-electron chi connectivity index (χ0n) is 9.53. The molecule has 0 amide bonds. The number of carbonyl (C=O) groups is 1. The van der Waals surface area contributed by atoms with Gasteiger partial charge in [0.15, 0.2) is 11.5 Å². The summed E-state index contributed by atoms with van der Waals surface area (Å²) in [7, 11) is 2.83. The molecule has 1 rings (SSSR count). The Morgan fingerprint density at radius 3 is 2.41 bits per heavy atom. The van der Waals surface area contributed by atoms with Crippen molar-refractivity contribution in [2.45, 2.75) is 6.61 Å². The van der Waals surface area contributed by atoms with Gasteiger partial charge >= 0.3 is 5.97 Å². The van der Waals surface area contributed by atoms with Crippen molar-refractivity contribution in [3.8, 4) is 11.5 Å². The molecule has 0 radical (unpaired) electrons. The minimum atomic E-state index is -1.11. The summed E-state index contributed by atoms with van der Waals surface area (Å²) in [5, 5.41) is 8.38. The van der Waals surface area contributed by atoms with E-state index < -0.39 is 18.4 Å². The van der Waals surface area contributed by atoms with Crippen molar-refractivity contribution in [2.24, 2.45) is 0 Å². The van der Waals surface area contributed by atoms with Gasteiger partial charge in [0, 0.05) is 11.6 Å². The van der Waals surface area contributed by atoms with Crippen LogP contribution in [-0.2, 0) is 16.1 Å². The van der Waals surface area contributed by atoms with Crippen LogP contribution in [0.5, 0.6) is 11.5 Å². The van der Waals surface area contributed by atoms with Crippen molar-refractivity contribution in [3.05, 3.63) is 23.5 Å². The highest BCUT2D eigenvalue weighted by molar-refractivity contribution is 5.68. The summed E-state index contributed by atoms with van der Waals surface area (Å²) in [6.07, 6.45) is 0. The minimum absolute atomic E-state index is 0.140. The van der Waals surface area contributed by atoms with Crippen molar-refractivity contribution in [1.82, 2.24) is 0 Å². The van der Waals surface area contributed by atoms with Gasteiger partial charge in [0.2, 0.25) is 0 Å². The van der Waals surface area contributed by atoms with E-state index in [2.05, 4.69) is 0 Å². The van der Waals surface area contributed by atoms with E-state index in [0.717, 1.165) is 6.07 Å². The highest BCUT2D eigenvalue weighted by Gasteiger charge is 2.11. The molecule has 1 aromatic carbocycles. The maximum atomic E-state index is 13.5. The predicted octanol–water partition coefficient (Wildman–Crippen LogP) is 1.44. The first-order valence-electron chi connectivity index (χ1n) is 4.78. The summed E-state index contributed by atoms with van der Waals surface area (Å²) in [4.78, 5) is 10.2. The third kappa shape index (κ3) is 3.60. The van der Waals surface area contributed by atoms with Gasteiger partial charge in [-0.1, -0.05) is 0 Å². The van der Waals surface area contributed by atoms with Crippen molar-refractivity contribution in [3.63, 3.8) is 0 Å². The molecule has 0 fully saturated rings. The lowest BCUT2D eigenvalue weighted by Crippen LogP contribution is -2.07. The van der Waals surface area contributed by atoms with E-state index in [-0.39, 0.29) is 17.9 Å². The fraction of sp³-hybridized carbons (Fsp3) is 0.364. The number of carboxylic acid groups (broad SMARTS) is 1. The van der Waals surface area contributed by atoms with Crippen LogP contribution in [0.1, 0.15) is 5.56 Å². The molecule has 5 nitrogen and oxygen atoms in total. The summed E-state index contributed by atoms with van der Waals surface area (Å²) in [6, 6.07) is 2.58. The Morgan fingerprint density at radius 1 is 1.29 bits per heavy atom. The number of hydrogen-bond donors (Lipinski definition) is 1. The Hall–Kier alpha value is -1.82. The van der Waals surface area contributed by atoms with Gasteiger partial charge in [0.25, 0.3) is 0 Å². The number of halogens is 1. The Bertz CT molecular complexity index is 405. The normalized spacial score (nSPS) is 10.1. The lowest BCUT2D eigenvalue weighted by molar-refractivity contribution is -0.142. The van der Waals surface area contributed by atoms with Gasteiger partial charge in [-0.25, -0.2) is 9.18 Å². The van der Waals surface area contributed by atoms with Gasteiger partial charge < -0.3 is 19.3 Å². The van der Waals surface area contributed by atoms with E-state index in [4.69, 9.17) is 19.3 Å². The number of carboxylic acids is 1. The van der Waals surface area contributed by atoms with Gasteiger partial charge in [0.05, 0.1) is 20.8 Å². The molecule has 6 heteroatoms. The van der Waals surface area contributed by atoms with Crippen molar-refractivity contribution >= 4 is 5.97 Å². The Kier molecular flexibility index (Phi) is 4.71. The van der Waals surface area contributed by atoms with E-state index in [1.165, 1.54) is 20.3 Å². The molecular weight excluding hydrogens is 231 g/mol. The van der Waals surface area contributed by atoms with Crippen LogP contribution in [0.25, 0.3) is 0 Å². The number of benzene rings is 1. The fourth-order valence-corrected chi connectivity index (χ4v) is 1.26. The molecular formula is C11H13FO5. The molecule has 17 heavy (non-hydrogen) atoms. The molecule has 0 saturated carbocycles. The molecule has 0 aliphatic heterocycles. The van der Waals surface area contributed by atoms with Gasteiger partial charge in [-0.05, 0) is 6.07 Å². The average molecular weight is 244 g/mol. The summed E-state index contributed by atoms with van der Waals surface area (Å²) < 4.78 is 28.2. The lowest BCUT2D eigenvalue weighted by Gasteiger charge is -2.10. The molecule has 0 aliphatic carbocycles. The van der Waals surface area contributed by atoms with Crippen LogP contribution in [-0.4, -0.2) is 31.9 Å². The van der Waals surface area contributed by atoms with Crippen LogP contribution >= 0.6 is 0 Å². The molecule has 0 aromatic heterocycles. The first-order valence-corrected chi connectivity index (χ1v) is 4.78. The Labute approximate surface area is 97.7 Å². The van der Waals surface area contributed by atoms with Gasteiger partial charge in [-0.3, -0.25) is 0 Å². The monoisotopic (exact) mass is 244 g/mol. The van der Waals surface area contributed by atoms with Crippen LogP contribution in [0.15, 0.2) is 12.1 Å². The largest absolute Gasteiger partial charge is 0.493 e. The van der Waals surface area contributed by atoms with Crippen LogP contribution in [0, 0.1) is 5.82 Å². The van der Waals surface area contributed by atoms with Gasteiger partial charge in [0.1, 0.15) is 12.4 Å². The zero-order valence-corrected chi connectivity index (χ0v) is 9.53. The van der Waals surface area contributed by atoms with Gasteiger partial charge in [-0.15, -0.1) is 0 Å². The third-order valence-electron chi connectivity index (χ3n) is 2.04. The molecule has 0 spiro atoms. The van der Waals surface area contributed by atoms with Crippen LogP contribution in [0.2, 0.25) is 0 Å². The number of methoxy groups -OCH3 is 2. The van der Waals surface area contributed by atoms with Crippen LogP contribution in [0.3, 0.4) is 0 Å². The Morgan fingerprint density at radius 2 is 1.88 bits per heavy atom. The molecule has 0 atom stereocenters. The number of ether oxygens (including phenoxy) is 3. The molecule has 0 unspecified atom stereocenters. The molecule has 94 valence electrons. The van der Waals surface area contributed by atoms with Crippen molar-refractivity contribution in [2.75, 3.05) is 20.8 Å². The second-order valence-electron chi connectivity index (χ2n) is 3.19. The summed E-state index contributed by atoms with van der Waals surface area (Å²) in [5.74, 6) is -1.01. The van der Waals surface area contributed by atoms with Crippen LogP contribution in [0.4, 0.5) is 4.39 Å².